The molecule has 4 nitrogen and oxygen atoms in total. The SMILES string of the molecule is Brc1cnc([C@]23CCOC[C@H]2O3)nc1. The normalized spacial score (nSPS) is 35.1. The fourth-order valence-electron chi connectivity index (χ4n) is 1.86. The van der Waals surface area contributed by atoms with Gasteiger partial charge >= 0.3 is 0 Å². The smallest absolute Gasteiger partial charge is 0.163 e. The first-order valence-corrected chi connectivity index (χ1v) is 5.34. The van der Waals surface area contributed by atoms with Gasteiger partial charge in [-0.1, -0.05) is 0 Å². The quantitative estimate of drug-likeness (QED) is 0.710. The van der Waals surface area contributed by atoms with Crippen molar-refractivity contribution in [2.45, 2.75) is 18.1 Å². The van der Waals surface area contributed by atoms with Gasteiger partial charge in [-0.3, -0.25) is 0 Å². The Labute approximate surface area is 89.8 Å². The maximum Gasteiger partial charge on any atom is 0.163 e. The summed E-state index contributed by atoms with van der Waals surface area (Å²) in [5.41, 5.74) is -0.237. The fourth-order valence-corrected chi connectivity index (χ4v) is 2.07. The van der Waals surface area contributed by atoms with Crippen LogP contribution in [0.25, 0.3) is 0 Å². The molecule has 3 heterocycles. The van der Waals surface area contributed by atoms with E-state index in [2.05, 4.69) is 25.9 Å². The van der Waals surface area contributed by atoms with Crippen molar-refractivity contribution >= 4 is 15.9 Å². The average molecular weight is 257 g/mol. The number of halogens is 1. The van der Waals surface area contributed by atoms with Gasteiger partial charge in [-0.2, -0.15) is 0 Å². The van der Waals surface area contributed by atoms with Gasteiger partial charge in [0.2, 0.25) is 0 Å². The summed E-state index contributed by atoms with van der Waals surface area (Å²) in [6, 6.07) is 0. The lowest BCUT2D eigenvalue weighted by molar-refractivity contribution is 0.0958. The minimum Gasteiger partial charge on any atom is -0.378 e. The molecule has 0 radical (unpaired) electrons. The zero-order chi connectivity index (χ0) is 9.60. The first kappa shape index (κ1) is 8.76. The summed E-state index contributed by atoms with van der Waals surface area (Å²) in [5.74, 6) is 0.786. The molecular weight excluding hydrogens is 248 g/mol. The molecule has 2 aliphatic rings. The van der Waals surface area contributed by atoms with Crippen LogP contribution in [0.1, 0.15) is 12.2 Å². The average Bonchev–Trinajstić information content (AvgIpc) is 2.94. The number of rotatable bonds is 1. The van der Waals surface area contributed by atoms with E-state index in [9.17, 15) is 0 Å². The van der Waals surface area contributed by atoms with Crippen molar-refractivity contribution in [3.05, 3.63) is 22.7 Å². The maximum atomic E-state index is 5.63. The van der Waals surface area contributed by atoms with E-state index in [-0.39, 0.29) is 11.7 Å². The first-order valence-electron chi connectivity index (χ1n) is 4.55. The molecule has 74 valence electrons. The van der Waals surface area contributed by atoms with Crippen molar-refractivity contribution in [3.8, 4) is 0 Å². The molecule has 1 aromatic rings. The van der Waals surface area contributed by atoms with Gasteiger partial charge in [-0.15, -0.1) is 0 Å². The highest BCUT2D eigenvalue weighted by atomic mass is 79.9. The van der Waals surface area contributed by atoms with Crippen LogP contribution < -0.4 is 0 Å². The highest BCUT2D eigenvalue weighted by molar-refractivity contribution is 9.10. The lowest BCUT2D eigenvalue weighted by Gasteiger charge is -2.15. The molecular formula is C9H9BrN2O2. The van der Waals surface area contributed by atoms with Gasteiger partial charge in [-0.05, 0) is 15.9 Å². The summed E-state index contributed by atoms with van der Waals surface area (Å²) in [4.78, 5) is 8.55. The van der Waals surface area contributed by atoms with Crippen molar-refractivity contribution in [1.29, 1.82) is 0 Å². The molecule has 1 aromatic heterocycles. The Balaban J connectivity index is 1.92. The molecule has 0 saturated carbocycles. The zero-order valence-corrected chi connectivity index (χ0v) is 9.03. The second-order valence-corrected chi connectivity index (χ2v) is 4.46. The van der Waals surface area contributed by atoms with Crippen molar-refractivity contribution in [1.82, 2.24) is 9.97 Å². The van der Waals surface area contributed by atoms with Crippen molar-refractivity contribution in [2.75, 3.05) is 13.2 Å². The van der Waals surface area contributed by atoms with Crippen molar-refractivity contribution < 1.29 is 9.47 Å². The van der Waals surface area contributed by atoms with Crippen LogP contribution in [0.15, 0.2) is 16.9 Å². The molecule has 5 heteroatoms. The topological polar surface area (TPSA) is 47.5 Å². The van der Waals surface area contributed by atoms with Crippen LogP contribution in [0.3, 0.4) is 0 Å². The fraction of sp³-hybridized carbons (Fsp3) is 0.556. The Morgan fingerprint density at radius 3 is 2.93 bits per heavy atom. The van der Waals surface area contributed by atoms with E-state index in [1.165, 1.54) is 0 Å². The van der Waals surface area contributed by atoms with Crippen LogP contribution >= 0.6 is 15.9 Å². The Bertz CT molecular complexity index is 356. The second kappa shape index (κ2) is 2.98. The third-order valence-corrected chi connectivity index (χ3v) is 3.11. The Kier molecular flexibility index (Phi) is 1.87. The van der Waals surface area contributed by atoms with E-state index in [1.54, 1.807) is 12.4 Å². The molecule has 0 bridgehead atoms. The molecule has 2 atom stereocenters. The van der Waals surface area contributed by atoms with E-state index >= 15 is 0 Å². The number of hydrogen-bond donors (Lipinski definition) is 0. The number of hydrogen-bond acceptors (Lipinski definition) is 4. The Morgan fingerprint density at radius 1 is 1.43 bits per heavy atom. The molecule has 0 aromatic carbocycles. The lowest BCUT2D eigenvalue weighted by atomic mass is 9.99. The highest BCUT2D eigenvalue weighted by Gasteiger charge is 2.61. The summed E-state index contributed by atoms with van der Waals surface area (Å²) in [6.45, 7) is 1.40. The standard InChI is InChI=1S/C9H9BrN2O2/c10-6-3-11-8(12-4-6)9-1-2-13-5-7(9)14-9/h3-4,7H,1-2,5H2/t7-,9+/m1/s1. The Hall–Kier alpha value is -0.520. The summed E-state index contributed by atoms with van der Waals surface area (Å²) >= 11 is 3.31. The monoisotopic (exact) mass is 256 g/mol. The predicted octanol–water partition coefficient (Wildman–Crippen LogP) is 1.25. The Morgan fingerprint density at radius 2 is 2.21 bits per heavy atom. The number of nitrogens with zero attached hydrogens (tertiary/aromatic N) is 2. The van der Waals surface area contributed by atoms with Gasteiger partial charge in [0.1, 0.15) is 6.10 Å². The summed E-state index contributed by atoms with van der Waals surface area (Å²) in [6.07, 6.45) is 4.54. The van der Waals surface area contributed by atoms with Gasteiger partial charge in [-0.25, -0.2) is 9.97 Å². The summed E-state index contributed by atoms with van der Waals surface area (Å²) in [5, 5.41) is 0. The molecule has 0 unspecified atom stereocenters. The minimum absolute atomic E-state index is 0.164. The number of ether oxygens (including phenoxy) is 2. The van der Waals surface area contributed by atoms with E-state index in [0.717, 1.165) is 23.3 Å². The van der Waals surface area contributed by atoms with E-state index < -0.39 is 0 Å². The van der Waals surface area contributed by atoms with Gasteiger partial charge in [0.25, 0.3) is 0 Å². The molecule has 0 N–H and O–H groups in total. The van der Waals surface area contributed by atoms with Gasteiger partial charge < -0.3 is 9.47 Å². The number of fused-ring (bicyclic) bond motifs is 1. The zero-order valence-electron chi connectivity index (χ0n) is 7.44. The minimum atomic E-state index is -0.237. The second-order valence-electron chi connectivity index (χ2n) is 3.55. The van der Waals surface area contributed by atoms with Crippen LogP contribution in [-0.2, 0) is 15.1 Å². The van der Waals surface area contributed by atoms with E-state index in [4.69, 9.17) is 9.47 Å². The summed E-state index contributed by atoms with van der Waals surface area (Å²) in [7, 11) is 0. The largest absolute Gasteiger partial charge is 0.378 e. The molecule has 2 aliphatic heterocycles. The number of aromatic nitrogens is 2. The van der Waals surface area contributed by atoms with Crippen LogP contribution in [0.5, 0.6) is 0 Å². The van der Waals surface area contributed by atoms with Gasteiger partial charge in [0, 0.05) is 18.8 Å². The van der Waals surface area contributed by atoms with E-state index in [0.29, 0.717) is 6.61 Å². The molecule has 0 aliphatic carbocycles. The molecule has 2 saturated heterocycles. The summed E-state index contributed by atoms with van der Waals surface area (Å²) < 4.78 is 11.8. The number of epoxide rings is 1. The third kappa shape index (κ3) is 1.20. The molecule has 0 amide bonds. The third-order valence-electron chi connectivity index (χ3n) is 2.70. The molecule has 0 spiro atoms. The van der Waals surface area contributed by atoms with Crippen molar-refractivity contribution in [3.63, 3.8) is 0 Å². The van der Waals surface area contributed by atoms with Crippen molar-refractivity contribution in [2.24, 2.45) is 0 Å². The van der Waals surface area contributed by atoms with Crippen LogP contribution in [0.4, 0.5) is 0 Å². The van der Waals surface area contributed by atoms with Crippen LogP contribution in [0, 0.1) is 0 Å². The highest BCUT2D eigenvalue weighted by Crippen LogP contribution is 2.49. The van der Waals surface area contributed by atoms with E-state index in [1.807, 2.05) is 0 Å². The maximum absolute atomic E-state index is 5.63. The first-order chi connectivity index (χ1) is 6.81. The molecule has 14 heavy (non-hydrogen) atoms. The lowest BCUT2D eigenvalue weighted by Crippen LogP contribution is -2.26. The van der Waals surface area contributed by atoms with Crippen LogP contribution in [-0.4, -0.2) is 29.3 Å². The van der Waals surface area contributed by atoms with Gasteiger partial charge in [0.05, 0.1) is 17.7 Å². The molecule has 2 fully saturated rings. The van der Waals surface area contributed by atoms with Crippen LogP contribution in [0.2, 0.25) is 0 Å². The predicted molar refractivity (Wildman–Crippen MR) is 51.7 cm³/mol. The van der Waals surface area contributed by atoms with Gasteiger partial charge in [0.15, 0.2) is 11.4 Å². The molecule has 3 rings (SSSR count).